The van der Waals surface area contributed by atoms with E-state index < -0.39 is 11.9 Å². The number of hydrogen-bond donors (Lipinski definition) is 2. The van der Waals surface area contributed by atoms with Crippen LogP contribution in [0.2, 0.25) is 0 Å². The number of benzene rings is 1. The van der Waals surface area contributed by atoms with Crippen LogP contribution >= 0.6 is 0 Å². The van der Waals surface area contributed by atoms with Crippen LogP contribution in [-0.2, 0) is 25.7 Å². The fourth-order valence-corrected chi connectivity index (χ4v) is 2.74. The summed E-state index contributed by atoms with van der Waals surface area (Å²) in [6.07, 6.45) is 2.34. The van der Waals surface area contributed by atoms with Gasteiger partial charge in [0.05, 0.1) is 12.5 Å². The highest BCUT2D eigenvalue weighted by Crippen LogP contribution is 2.39. The third-order valence-corrected chi connectivity index (χ3v) is 4.48. The van der Waals surface area contributed by atoms with Crippen molar-refractivity contribution >= 4 is 17.9 Å². The number of esters is 1. The van der Waals surface area contributed by atoms with E-state index in [0.29, 0.717) is 25.0 Å². The van der Waals surface area contributed by atoms with Crippen LogP contribution in [0.5, 0.6) is 0 Å². The van der Waals surface area contributed by atoms with Gasteiger partial charge in [0.1, 0.15) is 6.61 Å². The van der Waals surface area contributed by atoms with Crippen molar-refractivity contribution < 1.29 is 33.9 Å². The maximum absolute atomic E-state index is 11.8. The van der Waals surface area contributed by atoms with E-state index in [1.807, 2.05) is 35.2 Å². The summed E-state index contributed by atoms with van der Waals surface area (Å²) < 4.78 is 10.6. The highest BCUT2D eigenvalue weighted by atomic mass is 16.5. The Bertz CT molecular complexity index is 846. The average molecular weight is 403 g/mol. The van der Waals surface area contributed by atoms with Gasteiger partial charge < -0.3 is 19.5 Å². The number of aromatic nitrogens is 2. The van der Waals surface area contributed by atoms with Crippen molar-refractivity contribution in [1.82, 2.24) is 15.0 Å². The molecule has 154 valence electrons. The van der Waals surface area contributed by atoms with Gasteiger partial charge in [-0.25, -0.2) is 9.59 Å². The Balaban J connectivity index is 0.000000353. The highest BCUT2D eigenvalue weighted by molar-refractivity contribution is 6.27. The summed E-state index contributed by atoms with van der Waals surface area (Å²) in [6.45, 7) is 2.18. The average Bonchev–Trinajstić information content (AvgIpc) is 3.42. The van der Waals surface area contributed by atoms with Crippen molar-refractivity contribution in [3.05, 3.63) is 47.6 Å². The minimum absolute atomic E-state index is 0.198. The topological polar surface area (TPSA) is 143 Å². The molecule has 10 nitrogen and oxygen atoms in total. The van der Waals surface area contributed by atoms with Gasteiger partial charge in [-0.2, -0.15) is 4.98 Å². The number of carboxylic acid groups (broad SMARTS) is 2. The smallest absolute Gasteiger partial charge is 0.414 e. The predicted octanol–water partition coefficient (Wildman–Crippen LogP) is 1.25. The predicted molar refractivity (Wildman–Crippen MR) is 97.0 cm³/mol. The molecule has 1 aromatic carbocycles. The number of ether oxygens (including phenoxy) is 1. The molecule has 0 radical (unpaired) electrons. The van der Waals surface area contributed by atoms with Crippen LogP contribution in [0.1, 0.15) is 42.0 Å². The summed E-state index contributed by atoms with van der Waals surface area (Å²) in [4.78, 5) is 36.6. The van der Waals surface area contributed by atoms with Crippen molar-refractivity contribution in [1.29, 1.82) is 0 Å². The second-order valence-electron chi connectivity index (χ2n) is 6.91. The molecule has 2 aromatic rings. The standard InChI is InChI=1S/C17H19N3O3.C2H2O4/c21-15(22-11-12-4-2-1-3-5-12)10-20-8-14(9-20)17-18-16(19-23-17)13-6-7-13;3-1(4)2(5)6/h1-5,13-14H,6-11H2;(H,3,4)(H,5,6). The zero-order valence-electron chi connectivity index (χ0n) is 15.6. The number of carbonyl (C=O) groups is 3. The first kappa shape index (κ1) is 20.5. The molecule has 1 saturated heterocycles. The minimum atomic E-state index is -1.82. The lowest BCUT2D eigenvalue weighted by Gasteiger charge is -2.36. The van der Waals surface area contributed by atoms with Gasteiger partial charge in [-0.3, -0.25) is 9.69 Å². The molecule has 10 heteroatoms. The number of aliphatic carboxylic acids is 2. The van der Waals surface area contributed by atoms with Gasteiger partial charge in [0.15, 0.2) is 5.82 Å². The molecule has 0 unspecified atom stereocenters. The largest absolute Gasteiger partial charge is 0.473 e. The van der Waals surface area contributed by atoms with E-state index in [2.05, 4.69) is 10.1 Å². The molecular formula is C19H21N3O7. The molecule has 0 spiro atoms. The monoisotopic (exact) mass is 403 g/mol. The molecule has 2 fully saturated rings. The summed E-state index contributed by atoms with van der Waals surface area (Å²) >= 11 is 0. The van der Waals surface area contributed by atoms with Crippen molar-refractivity contribution in [2.75, 3.05) is 19.6 Å². The molecule has 2 N–H and O–H groups in total. The Morgan fingerprint density at radius 3 is 2.31 bits per heavy atom. The molecule has 0 amide bonds. The van der Waals surface area contributed by atoms with E-state index in [-0.39, 0.29) is 11.9 Å². The third-order valence-electron chi connectivity index (χ3n) is 4.48. The quantitative estimate of drug-likeness (QED) is 0.534. The van der Waals surface area contributed by atoms with E-state index in [1.165, 1.54) is 12.8 Å². The van der Waals surface area contributed by atoms with Crippen molar-refractivity contribution in [2.45, 2.75) is 31.3 Å². The van der Waals surface area contributed by atoms with Crippen LogP contribution in [-0.4, -0.2) is 62.8 Å². The zero-order valence-corrected chi connectivity index (χ0v) is 15.6. The maximum atomic E-state index is 11.8. The molecular weight excluding hydrogens is 382 g/mol. The van der Waals surface area contributed by atoms with Crippen LogP contribution in [0.15, 0.2) is 34.9 Å². The molecule has 1 aliphatic carbocycles. The maximum Gasteiger partial charge on any atom is 0.414 e. The van der Waals surface area contributed by atoms with Crippen LogP contribution in [0.25, 0.3) is 0 Å². The molecule has 0 bridgehead atoms. The lowest BCUT2D eigenvalue weighted by Crippen LogP contribution is -2.47. The summed E-state index contributed by atoms with van der Waals surface area (Å²) in [5, 5.41) is 18.8. The zero-order chi connectivity index (χ0) is 20.8. The highest BCUT2D eigenvalue weighted by Gasteiger charge is 2.36. The Morgan fingerprint density at radius 1 is 1.07 bits per heavy atom. The van der Waals surface area contributed by atoms with Gasteiger partial charge in [0, 0.05) is 19.0 Å². The van der Waals surface area contributed by atoms with Gasteiger partial charge in [-0.1, -0.05) is 35.5 Å². The first-order valence-corrected chi connectivity index (χ1v) is 9.14. The molecule has 1 aromatic heterocycles. The van der Waals surface area contributed by atoms with Gasteiger partial charge in [0.25, 0.3) is 0 Å². The summed E-state index contributed by atoms with van der Waals surface area (Å²) in [7, 11) is 0. The number of carbonyl (C=O) groups excluding carboxylic acids is 1. The fraction of sp³-hybridized carbons (Fsp3) is 0.421. The molecule has 1 saturated carbocycles. The fourth-order valence-electron chi connectivity index (χ4n) is 2.74. The van der Waals surface area contributed by atoms with Gasteiger partial charge >= 0.3 is 17.9 Å². The molecule has 29 heavy (non-hydrogen) atoms. The Labute approximate surface area is 166 Å². The van der Waals surface area contributed by atoms with Crippen LogP contribution < -0.4 is 0 Å². The SMILES string of the molecule is O=C(CN1CC(c2nc(C3CC3)no2)C1)OCc1ccccc1.O=C(O)C(=O)O. The van der Waals surface area contributed by atoms with E-state index >= 15 is 0 Å². The van der Waals surface area contributed by atoms with Crippen LogP contribution in [0.3, 0.4) is 0 Å². The third kappa shape index (κ3) is 6.11. The lowest BCUT2D eigenvalue weighted by molar-refractivity contribution is -0.159. The number of likely N-dealkylation sites (tertiary alicyclic amines) is 1. The van der Waals surface area contributed by atoms with E-state index in [0.717, 1.165) is 24.5 Å². The van der Waals surface area contributed by atoms with Crippen LogP contribution in [0, 0.1) is 0 Å². The van der Waals surface area contributed by atoms with Crippen molar-refractivity contribution in [3.8, 4) is 0 Å². The van der Waals surface area contributed by atoms with Gasteiger partial charge in [-0.15, -0.1) is 0 Å². The van der Waals surface area contributed by atoms with Gasteiger partial charge in [0.2, 0.25) is 5.89 Å². The second-order valence-corrected chi connectivity index (χ2v) is 6.91. The summed E-state index contributed by atoms with van der Waals surface area (Å²) in [5.41, 5.74) is 1.00. The lowest BCUT2D eigenvalue weighted by atomic mass is 10.0. The Morgan fingerprint density at radius 2 is 1.72 bits per heavy atom. The normalized spacial score (nSPS) is 16.3. The Hall–Kier alpha value is -3.27. The molecule has 4 rings (SSSR count). The van der Waals surface area contributed by atoms with Crippen LogP contribution in [0.4, 0.5) is 0 Å². The number of nitrogens with zero attached hydrogens (tertiary/aromatic N) is 3. The number of hydrogen-bond acceptors (Lipinski definition) is 8. The molecule has 1 aliphatic heterocycles. The number of rotatable bonds is 6. The first-order chi connectivity index (χ1) is 13.9. The number of carboxylic acids is 2. The van der Waals surface area contributed by atoms with Crippen molar-refractivity contribution in [2.24, 2.45) is 0 Å². The minimum Gasteiger partial charge on any atom is -0.473 e. The molecule has 0 atom stereocenters. The second kappa shape index (κ2) is 9.28. The first-order valence-electron chi connectivity index (χ1n) is 9.14. The summed E-state index contributed by atoms with van der Waals surface area (Å²) in [6, 6.07) is 9.70. The summed E-state index contributed by atoms with van der Waals surface area (Å²) in [5.74, 6) is -1.53. The van der Waals surface area contributed by atoms with E-state index in [1.54, 1.807) is 0 Å². The molecule has 2 aliphatic rings. The molecule has 2 heterocycles. The van der Waals surface area contributed by atoms with Crippen molar-refractivity contribution in [3.63, 3.8) is 0 Å². The Kier molecular flexibility index (Phi) is 6.55. The van der Waals surface area contributed by atoms with E-state index in [4.69, 9.17) is 29.1 Å². The van der Waals surface area contributed by atoms with E-state index in [9.17, 15) is 4.79 Å². The van der Waals surface area contributed by atoms with Gasteiger partial charge in [-0.05, 0) is 18.4 Å².